The van der Waals surface area contributed by atoms with Gasteiger partial charge in [0.15, 0.2) is 0 Å². The van der Waals surface area contributed by atoms with Gasteiger partial charge < -0.3 is 10.3 Å². The summed E-state index contributed by atoms with van der Waals surface area (Å²) in [7, 11) is 0. The highest BCUT2D eigenvalue weighted by molar-refractivity contribution is 5.81. The summed E-state index contributed by atoms with van der Waals surface area (Å²) in [4.78, 5) is 4.59. The molecule has 0 bridgehead atoms. The molecule has 2 unspecified atom stereocenters. The predicted octanol–water partition coefficient (Wildman–Crippen LogP) is 4.07. The second kappa shape index (κ2) is 4.87. The van der Waals surface area contributed by atoms with Crippen LogP contribution < -0.4 is 5.73 Å². The van der Waals surface area contributed by atoms with Gasteiger partial charge in [0, 0.05) is 6.04 Å². The molecule has 2 aromatic rings. The van der Waals surface area contributed by atoms with Crippen molar-refractivity contribution in [1.82, 2.24) is 9.55 Å². The number of para-hydroxylation sites is 1. The Morgan fingerprint density at radius 1 is 1.21 bits per heavy atom. The molecule has 3 nitrogen and oxygen atoms in total. The summed E-state index contributed by atoms with van der Waals surface area (Å²) >= 11 is 0. The van der Waals surface area contributed by atoms with Gasteiger partial charge in [0.25, 0.3) is 0 Å². The molecule has 3 heteroatoms. The molecule has 0 saturated heterocycles. The van der Waals surface area contributed by atoms with E-state index in [0.29, 0.717) is 17.9 Å². The lowest BCUT2D eigenvalue weighted by Gasteiger charge is -2.24. The van der Waals surface area contributed by atoms with Crippen LogP contribution in [-0.4, -0.2) is 9.55 Å². The van der Waals surface area contributed by atoms with Crippen LogP contribution >= 0.6 is 0 Å². The van der Waals surface area contributed by atoms with E-state index in [1.165, 1.54) is 43.2 Å². The highest BCUT2D eigenvalue weighted by atomic mass is 15.2. The third-order valence-electron chi connectivity index (χ3n) is 4.60. The SMILES string of the molecule is Cc1cccc2c1nc(N)n2C1CCCCCC1C. The van der Waals surface area contributed by atoms with E-state index in [9.17, 15) is 0 Å². The fourth-order valence-corrected chi connectivity index (χ4v) is 3.48. The number of aryl methyl sites for hydroxylation is 1. The highest BCUT2D eigenvalue weighted by Gasteiger charge is 2.25. The quantitative estimate of drug-likeness (QED) is 0.783. The Morgan fingerprint density at radius 3 is 2.84 bits per heavy atom. The van der Waals surface area contributed by atoms with Crippen molar-refractivity contribution >= 4 is 17.0 Å². The molecule has 1 heterocycles. The number of hydrogen-bond donors (Lipinski definition) is 1. The van der Waals surface area contributed by atoms with E-state index in [0.717, 1.165) is 5.52 Å². The third kappa shape index (κ3) is 2.11. The largest absolute Gasteiger partial charge is 0.369 e. The molecule has 1 fully saturated rings. The predicted molar refractivity (Wildman–Crippen MR) is 80.2 cm³/mol. The lowest BCUT2D eigenvalue weighted by Crippen LogP contribution is -2.18. The first-order valence-electron chi connectivity index (χ1n) is 7.41. The molecule has 0 spiro atoms. The van der Waals surface area contributed by atoms with E-state index in [1.54, 1.807) is 0 Å². The zero-order valence-electron chi connectivity index (χ0n) is 11.9. The topological polar surface area (TPSA) is 43.8 Å². The summed E-state index contributed by atoms with van der Waals surface area (Å²) in [6.07, 6.45) is 6.54. The standard InChI is InChI=1S/C16H23N3/c1-11-7-4-3-5-9-13(11)19-14-10-6-8-12(2)15(14)18-16(19)17/h6,8,10-11,13H,3-5,7,9H2,1-2H3,(H2,17,18). The lowest BCUT2D eigenvalue weighted by molar-refractivity contribution is 0.344. The van der Waals surface area contributed by atoms with Gasteiger partial charge in [-0.3, -0.25) is 0 Å². The first-order valence-corrected chi connectivity index (χ1v) is 7.41. The third-order valence-corrected chi connectivity index (χ3v) is 4.60. The van der Waals surface area contributed by atoms with Crippen molar-refractivity contribution < 1.29 is 0 Å². The van der Waals surface area contributed by atoms with E-state index in [1.807, 2.05) is 0 Å². The summed E-state index contributed by atoms with van der Waals surface area (Å²) in [5, 5.41) is 0. The second-order valence-electron chi connectivity index (χ2n) is 5.97. The minimum atomic E-state index is 0.509. The van der Waals surface area contributed by atoms with E-state index in [-0.39, 0.29) is 0 Å². The van der Waals surface area contributed by atoms with E-state index in [2.05, 4.69) is 41.6 Å². The van der Waals surface area contributed by atoms with Gasteiger partial charge in [-0.1, -0.05) is 38.3 Å². The summed E-state index contributed by atoms with van der Waals surface area (Å²) < 4.78 is 2.29. The zero-order valence-corrected chi connectivity index (χ0v) is 11.9. The first-order chi connectivity index (χ1) is 9.18. The maximum Gasteiger partial charge on any atom is 0.201 e. The van der Waals surface area contributed by atoms with Crippen molar-refractivity contribution in [2.45, 2.75) is 52.0 Å². The highest BCUT2D eigenvalue weighted by Crippen LogP contribution is 2.36. The number of rotatable bonds is 1. The normalized spacial score (nSPS) is 24.5. The minimum absolute atomic E-state index is 0.509. The second-order valence-corrected chi connectivity index (χ2v) is 5.97. The maximum atomic E-state index is 6.22. The summed E-state index contributed by atoms with van der Waals surface area (Å²) in [5.41, 5.74) is 9.70. The van der Waals surface area contributed by atoms with Crippen LogP contribution in [0.15, 0.2) is 18.2 Å². The van der Waals surface area contributed by atoms with Crippen LogP contribution in [0.3, 0.4) is 0 Å². The molecule has 1 aliphatic rings. The van der Waals surface area contributed by atoms with E-state index < -0.39 is 0 Å². The molecule has 0 aliphatic heterocycles. The van der Waals surface area contributed by atoms with Crippen LogP contribution in [0.5, 0.6) is 0 Å². The van der Waals surface area contributed by atoms with E-state index in [4.69, 9.17) is 5.73 Å². The molecule has 2 atom stereocenters. The van der Waals surface area contributed by atoms with Crippen LogP contribution in [0.4, 0.5) is 5.95 Å². The summed E-state index contributed by atoms with van der Waals surface area (Å²) in [6.45, 7) is 4.46. The van der Waals surface area contributed by atoms with Crippen LogP contribution in [0.1, 0.15) is 50.6 Å². The van der Waals surface area contributed by atoms with Crippen LogP contribution in [-0.2, 0) is 0 Å². The molecule has 102 valence electrons. The van der Waals surface area contributed by atoms with Crippen molar-refractivity contribution in [2.24, 2.45) is 5.92 Å². The minimum Gasteiger partial charge on any atom is -0.369 e. The molecule has 1 aromatic carbocycles. The Labute approximate surface area is 114 Å². The van der Waals surface area contributed by atoms with Crippen molar-refractivity contribution in [3.63, 3.8) is 0 Å². The van der Waals surface area contributed by atoms with Gasteiger partial charge >= 0.3 is 0 Å². The average molecular weight is 257 g/mol. The molecular weight excluding hydrogens is 234 g/mol. The molecule has 19 heavy (non-hydrogen) atoms. The van der Waals surface area contributed by atoms with Crippen molar-refractivity contribution in [2.75, 3.05) is 5.73 Å². The summed E-state index contributed by atoms with van der Waals surface area (Å²) in [6, 6.07) is 6.88. The van der Waals surface area contributed by atoms with Gasteiger partial charge in [-0.15, -0.1) is 0 Å². The Morgan fingerprint density at radius 2 is 2.00 bits per heavy atom. The molecule has 0 amide bonds. The van der Waals surface area contributed by atoms with Crippen LogP contribution in [0, 0.1) is 12.8 Å². The Hall–Kier alpha value is -1.51. The van der Waals surface area contributed by atoms with Gasteiger partial charge in [-0.2, -0.15) is 0 Å². The summed E-state index contributed by atoms with van der Waals surface area (Å²) in [5.74, 6) is 1.37. The Balaban J connectivity index is 2.13. The van der Waals surface area contributed by atoms with Crippen molar-refractivity contribution in [3.05, 3.63) is 23.8 Å². The number of nitrogens with two attached hydrogens (primary N) is 1. The number of anilines is 1. The number of nitrogen functional groups attached to an aromatic ring is 1. The molecule has 3 rings (SSSR count). The average Bonchev–Trinajstić information content (AvgIpc) is 2.57. The smallest absolute Gasteiger partial charge is 0.201 e. The number of imidazole rings is 1. The molecular formula is C16H23N3. The lowest BCUT2D eigenvalue weighted by atomic mass is 9.96. The van der Waals surface area contributed by atoms with Gasteiger partial charge in [0.05, 0.1) is 11.0 Å². The zero-order chi connectivity index (χ0) is 13.4. The number of hydrogen-bond acceptors (Lipinski definition) is 2. The number of nitrogens with zero attached hydrogens (tertiary/aromatic N) is 2. The molecule has 1 saturated carbocycles. The maximum absolute atomic E-state index is 6.22. The number of benzene rings is 1. The van der Waals surface area contributed by atoms with Gasteiger partial charge in [0.1, 0.15) is 0 Å². The fraction of sp³-hybridized carbons (Fsp3) is 0.562. The number of fused-ring (bicyclic) bond motifs is 1. The first kappa shape index (κ1) is 12.5. The molecule has 1 aromatic heterocycles. The fourth-order valence-electron chi connectivity index (χ4n) is 3.48. The van der Waals surface area contributed by atoms with Crippen molar-refractivity contribution in [3.8, 4) is 0 Å². The van der Waals surface area contributed by atoms with Gasteiger partial charge in [-0.05, 0) is 37.3 Å². The van der Waals surface area contributed by atoms with Crippen LogP contribution in [0.2, 0.25) is 0 Å². The monoisotopic (exact) mass is 257 g/mol. The van der Waals surface area contributed by atoms with Crippen LogP contribution in [0.25, 0.3) is 11.0 Å². The Bertz CT molecular complexity index is 585. The van der Waals surface area contributed by atoms with Gasteiger partial charge in [0.2, 0.25) is 5.95 Å². The molecule has 1 aliphatic carbocycles. The molecule has 0 radical (unpaired) electrons. The Kier molecular flexibility index (Phi) is 3.21. The van der Waals surface area contributed by atoms with Crippen molar-refractivity contribution in [1.29, 1.82) is 0 Å². The van der Waals surface area contributed by atoms with E-state index >= 15 is 0 Å². The van der Waals surface area contributed by atoms with Gasteiger partial charge in [-0.25, -0.2) is 4.98 Å². The molecule has 2 N–H and O–H groups in total. The number of aromatic nitrogens is 2.